The Labute approximate surface area is 58.3 Å². The highest BCUT2D eigenvalue weighted by Crippen LogP contribution is 2.22. The first kappa shape index (κ1) is 6.55. The Morgan fingerprint density at radius 1 is 1.67 bits per heavy atom. The maximum Gasteiger partial charge on any atom is 0.226 e. The molecule has 0 atom stereocenters. The van der Waals surface area contributed by atoms with Crippen molar-refractivity contribution in [3.63, 3.8) is 0 Å². The average molecular weight is 143 g/mol. The van der Waals surface area contributed by atoms with Gasteiger partial charge in [-0.15, -0.1) is 0 Å². The number of aryl methyl sites for hydroxylation is 1. The zero-order valence-corrected chi connectivity index (χ0v) is 6.33. The fraction of sp³-hybridized carbons (Fsp3) is 0.500. The number of hydrogen-bond donors (Lipinski definition) is 1. The Morgan fingerprint density at radius 2 is 2.33 bits per heavy atom. The van der Waals surface area contributed by atoms with Crippen molar-refractivity contribution in [3.8, 4) is 5.88 Å². The molecule has 0 unspecified atom stereocenters. The molecule has 0 aliphatic heterocycles. The molecule has 0 aliphatic carbocycles. The van der Waals surface area contributed by atoms with Crippen molar-refractivity contribution in [1.29, 1.82) is 0 Å². The predicted octanol–water partition coefficient (Wildman–Crippen LogP) is 1.72. The maximum absolute atomic E-state index is 9.03. The molecule has 50 valence electrons. The van der Waals surface area contributed by atoms with Crippen molar-refractivity contribution in [2.45, 2.75) is 20.3 Å². The second kappa shape index (κ2) is 2.35. The smallest absolute Gasteiger partial charge is 0.226 e. The first-order valence-corrected chi connectivity index (χ1v) is 3.67. The van der Waals surface area contributed by atoms with E-state index < -0.39 is 0 Å². The predicted molar refractivity (Wildman–Crippen MR) is 37.9 cm³/mol. The van der Waals surface area contributed by atoms with E-state index in [1.165, 1.54) is 11.5 Å². The van der Waals surface area contributed by atoms with Gasteiger partial charge in [0.15, 0.2) is 0 Å². The van der Waals surface area contributed by atoms with E-state index in [1.54, 1.807) is 0 Å². The van der Waals surface area contributed by atoms with Gasteiger partial charge in [0.2, 0.25) is 5.88 Å². The SMILES string of the molecule is CCc1c(O)nsc1C. The Balaban J connectivity index is 3.07. The molecule has 0 aliphatic rings. The van der Waals surface area contributed by atoms with Crippen LogP contribution in [0.5, 0.6) is 5.88 Å². The third-order valence-corrected chi connectivity index (χ3v) is 2.10. The van der Waals surface area contributed by atoms with Crippen LogP contribution in [0.3, 0.4) is 0 Å². The summed E-state index contributed by atoms with van der Waals surface area (Å²) in [6.45, 7) is 3.98. The molecule has 3 heteroatoms. The lowest BCUT2D eigenvalue weighted by Gasteiger charge is -1.89. The summed E-state index contributed by atoms with van der Waals surface area (Å²) in [6, 6.07) is 0. The number of hydrogen-bond acceptors (Lipinski definition) is 3. The summed E-state index contributed by atoms with van der Waals surface area (Å²) in [5.41, 5.74) is 0.986. The van der Waals surface area contributed by atoms with Crippen molar-refractivity contribution in [2.24, 2.45) is 0 Å². The fourth-order valence-corrected chi connectivity index (χ4v) is 1.47. The van der Waals surface area contributed by atoms with Crippen molar-refractivity contribution < 1.29 is 5.11 Å². The van der Waals surface area contributed by atoms with Gasteiger partial charge in [-0.3, -0.25) is 0 Å². The molecule has 1 aromatic rings. The zero-order chi connectivity index (χ0) is 6.85. The molecule has 0 fully saturated rings. The van der Waals surface area contributed by atoms with E-state index in [1.807, 2.05) is 13.8 Å². The minimum Gasteiger partial charge on any atom is -0.492 e. The van der Waals surface area contributed by atoms with Gasteiger partial charge in [-0.2, -0.15) is 4.37 Å². The van der Waals surface area contributed by atoms with E-state index in [-0.39, 0.29) is 5.88 Å². The standard InChI is InChI=1S/C6H9NOS/c1-3-5-4(2)9-7-6(5)8/h3H2,1-2H3,(H,7,8). The minimum absolute atomic E-state index is 0.208. The van der Waals surface area contributed by atoms with Crippen LogP contribution in [0.2, 0.25) is 0 Å². The Hall–Kier alpha value is -0.570. The topological polar surface area (TPSA) is 33.1 Å². The molecule has 9 heavy (non-hydrogen) atoms. The molecule has 0 spiro atoms. The highest BCUT2D eigenvalue weighted by Gasteiger charge is 2.04. The number of nitrogens with zero attached hydrogens (tertiary/aromatic N) is 1. The fourth-order valence-electron chi connectivity index (χ4n) is 0.786. The second-order valence-corrected chi connectivity index (χ2v) is 2.87. The third kappa shape index (κ3) is 1.05. The number of aromatic nitrogens is 1. The Morgan fingerprint density at radius 3 is 2.56 bits per heavy atom. The van der Waals surface area contributed by atoms with Crippen LogP contribution in [0, 0.1) is 6.92 Å². The van der Waals surface area contributed by atoms with Gasteiger partial charge >= 0.3 is 0 Å². The van der Waals surface area contributed by atoms with Gasteiger partial charge in [0.05, 0.1) is 0 Å². The van der Waals surface area contributed by atoms with Gasteiger partial charge in [-0.05, 0) is 24.9 Å². The summed E-state index contributed by atoms with van der Waals surface area (Å²) in [5.74, 6) is 0.208. The first-order chi connectivity index (χ1) is 4.25. The summed E-state index contributed by atoms with van der Waals surface area (Å²) in [5, 5.41) is 9.03. The third-order valence-electron chi connectivity index (χ3n) is 1.32. The zero-order valence-electron chi connectivity index (χ0n) is 5.51. The number of aromatic hydroxyl groups is 1. The van der Waals surface area contributed by atoms with Crippen LogP contribution < -0.4 is 0 Å². The van der Waals surface area contributed by atoms with E-state index in [9.17, 15) is 0 Å². The molecule has 0 radical (unpaired) electrons. The molecule has 1 rings (SSSR count). The van der Waals surface area contributed by atoms with Crippen LogP contribution in [0.4, 0.5) is 0 Å². The normalized spacial score (nSPS) is 10.0. The molecule has 1 N–H and O–H groups in total. The molecular weight excluding hydrogens is 134 g/mol. The Kier molecular flexibility index (Phi) is 1.71. The molecule has 1 aromatic heterocycles. The van der Waals surface area contributed by atoms with Crippen molar-refractivity contribution in [2.75, 3.05) is 0 Å². The highest BCUT2D eigenvalue weighted by molar-refractivity contribution is 7.06. The quantitative estimate of drug-likeness (QED) is 0.649. The van der Waals surface area contributed by atoms with Crippen LogP contribution >= 0.6 is 11.5 Å². The summed E-state index contributed by atoms with van der Waals surface area (Å²) >= 11 is 1.36. The van der Waals surface area contributed by atoms with Gasteiger partial charge in [0.25, 0.3) is 0 Å². The van der Waals surface area contributed by atoms with E-state index >= 15 is 0 Å². The van der Waals surface area contributed by atoms with Crippen LogP contribution in [0.25, 0.3) is 0 Å². The van der Waals surface area contributed by atoms with Gasteiger partial charge in [-0.25, -0.2) is 0 Å². The second-order valence-electron chi connectivity index (χ2n) is 1.89. The van der Waals surface area contributed by atoms with Gasteiger partial charge in [0.1, 0.15) is 0 Å². The summed E-state index contributed by atoms with van der Waals surface area (Å²) in [7, 11) is 0. The first-order valence-electron chi connectivity index (χ1n) is 2.89. The molecule has 2 nitrogen and oxygen atoms in total. The highest BCUT2D eigenvalue weighted by atomic mass is 32.1. The van der Waals surface area contributed by atoms with Gasteiger partial charge in [0, 0.05) is 10.4 Å². The molecule has 1 heterocycles. The van der Waals surface area contributed by atoms with Crippen molar-refractivity contribution >= 4 is 11.5 Å². The molecule has 0 saturated heterocycles. The van der Waals surface area contributed by atoms with E-state index in [2.05, 4.69) is 4.37 Å². The van der Waals surface area contributed by atoms with Gasteiger partial charge < -0.3 is 5.11 Å². The van der Waals surface area contributed by atoms with E-state index in [4.69, 9.17) is 5.11 Å². The lowest BCUT2D eigenvalue weighted by atomic mass is 10.2. The van der Waals surface area contributed by atoms with E-state index in [0.717, 1.165) is 16.9 Å². The lowest BCUT2D eigenvalue weighted by molar-refractivity contribution is 0.453. The maximum atomic E-state index is 9.03. The van der Waals surface area contributed by atoms with E-state index in [0.29, 0.717) is 0 Å². The minimum atomic E-state index is 0.208. The molecule has 0 amide bonds. The summed E-state index contributed by atoms with van der Waals surface area (Å²) in [4.78, 5) is 1.12. The summed E-state index contributed by atoms with van der Waals surface area (Å²) in [6.07, 6.45) is 0.869. The van der Waals surface area contributed by atoms with Crippen LogP contribution in [0.15, 0.2) is 0 Å². The molecule has 0 aromatic carbocycles. The monoisotopic (exact) mass is 143 g/mol. The van der Waals surface area contributed by atoms with Crippen molar-refractivity contribution in [3.05, 3.63) is 10.4 Å². The Bertz CT molecular complexity index is 187. The van der Waals surface area contributed by atoms with Crippen LogP contribution in [0.1, 0.15) is 17.4 Å². The van der Waals surface area contributed by atoms with Crippen LogP contribution in [-0.2, 0) is 6.42 Å². The largest absolute Gasteiger partial charge is 0.492 e. The molecule has 0 bridgehead atoms. The van der Waals surface area contributed by atoms with Gasteiger partial charge in [-0.1, -0.05) is 6.92 Å². The lowest BCUT2D eigenvalue weighted by Crippen LogP contribution is -1.77. The average Bonchev–Trinajstić information content (AvgIpc) is 2.12. The van der Waals surface area contributed by atoms with Crippen LogP contribution in [-0.4, -0.2) is 9.48 Å². The summed E-state index contributed by atoms with van der Waals surface area (Å²) < 4.78 is 3.78. The molecule has 0 saturated carbocycles. The van der Waals surface area contributed by atoms with Crippen molar-refractivity contribution in [1.82, 2.24) is 4.37 Å². The number of rotatable bonds is 1. The molecular formula is C6H9NOS.